The summed E-state index contributed by atoms with van der Waals surface area (Å²) in [4.78, 5) is 14.4. The van der Waals surface area contributed by atoms with Crippen molar-refractivity contribution in [3.05, 3.63) is 35.6 Å². The van der Waals surface area contributed by atoms with Gasteiger partial charge in [-0.1, -0.05) is 12.1 Å². The fourth-order valence-electron chi connectivity index (χ4n) is 2.01. The van der Waals surface area contributed by atoms with Crippen LogP contribution < -0.4 is 5.32 Å². The molecule has 0 atom stereocenters. The smallest absolute Gasteiger partial charge is 0.242 e. The molecular formula is C15H21FN2O. The van der Waals surface area contributed by atoms with Crippen LogP contribution in [-0.2, 0) is 11.3 Å². The SMILES string of the molecule is CNC(C)(C)C(=O)N(Cc1ccc(F)cc1)C1CC1. The van der Waals surface area contributed by atoms with E-state index in [4.69, 9.17) is 0 Å². The van der Waals surface area contributed by atoms with Gasteiger partial charge in [-0.15, -0.1) is 0 Å². The average Bonchev–Trinajstić information content (AvgIpc) is 3.21. The minimum atomic E-state index is -0.567. The molecule has 1 aliphatic rings. The maximum Gasteiger partial charge on any atom is 0.242 e. The van der Waals surface area contributed by atoms with E-state index in [1.165, 1.54) is 12.1 Å². The molecule has 19 heavy (non-hydrogen) atoms. The molecule has 2 rings (SSSR count). The molecule has 3 nitrogen and oxygen atoms in total. The van der Waals surface area contributed by atoms with Gasteiger partial charge >= 0.3 is 0 Å². The Morgan fingerprint density at radius 3 is 2.42 bits per heavy atom. The second-order valence-corrected chi connectivity index (χ2v) is 5.67. The summed E-state index contributed by atoms with van der Waals surface area (Å²) in [5.74, 6) is -0.148. The standard InChI is InChI=1S/C15H21FN2O/c1-15(2,17-3)14(19)18(13-8-9-13)10-11-4-6-12(16)7-5-11/h4-7,13,17H,8-10H2,1-3H3. The van der Waals surface area contributed by atoms with Gasteiger partial charge < -0.3 is 10.2 Å². The number of rotatable bonds is 5. The minimum absolute atomic E-state index is 0.0989. The summed E-state index contributed by atoms with van der Waals surface area (Å²) in [6, 6.07) is 6.70. The van der Waals surface area contributed by atoms with Crippen LogP contribution in [0.25, 0.3) is 0 Å². The number of benzene rings is 1. The Morgan fingerprint density at radius 1 is 1.37 bits per heavy atom. The van der Waals surface area contributed by atoms with Crippen molar-refractivity contribution < 1.29 is 9.18 Å². The first kappa shape index (κ1) is 14.0. The van der Waals surface area contributed by atoms with Crippen molar-refractivity contribution in [1.82, 2.24) is 10.2 Å². The van der Waals surface area contributed by atoms with Crippen molar-refractivity contribution in [2.75, 3.05) is 7.05 Å². The molecule has 1 aromatic rings. The Labute approximate surface area is 113 Å². The van der Waals surface area contributed by atoms with Gasteiger partial charge in [0.05, 0.1) is 5.54 Å². The summed E-state index contributed by atoms with van der Waals surface area (Å²) >= 11 is 0. The Kier molecular flexibility index (Phi) is 3.90. The highest BCUT2D eigenvalue weighted by Crippen LogP contribution is 2.30. The second-order valence-electron chi connectivity index (χ2n) is 5.67. The van der Waals surface area contributed by atoms with E-state index in [-0.39, 0.29) is 11.7 Å². The van der Waals surface area contributed by atoms with Crippen molar-refractivity contribution in [2.45, 2.75) is 44.8 Å². The molecule has 1 N–H and O–H groups in total. The number of amides is 1. The first-order valence-corrected chi connectivity index (χ1v) is 6.68. The lowest BCUT2D eigenvalue weighted by Gasteiger charge is -2.32. The van der Waals surface area contributed by atoms with Gasteiger partial charge in [-0.2, -0.15) is 0 Å². The summed E-state index contributed by atoms with van der Waals surface area (Å²) < 4.78 is 12.9. The number of nitrogens with zero attached hydrogens (tertiary/aromatic N) is 1. The molecule has 0 radical (unpaired) electrons. The lowest BCUT2D eigenvalue weighted by molar-refractivity contribution is -0.138. The number of carbonyl (C=O) groups is 1. The fourth-order valence-corrected chi connectivity index (χ4v) is 2.01. The predicted octanol–water partition coefficient (Wildman–Crippen LogP) is 2.31. The van der Waals surface area contributed by atoms with E-state index in [1.54, 1.807) is 19.2 Å². The van der Waals surface area contributed by atoms with Crippen LogP contribution in [0.5, 0.6) is 0 Å². The zero-order valence-corrected chi connectivity index (χ0v) is 11.7. The lowest BCUT2D eigenvalue weighted by Crippen LogP contribution is -2.53. The highest BCUT2D eigenvalue weighted by atomic mass is 19.1. The quantitative estimate of drug-likeness (QED) is 0.885. The van der Waals surface area contributed by atoms with Crippen LogP contribution in [0.2, 0.25) is 0 Å². The van der Waals surface area contributed by atoms with Gasteiger partial charge in [0, 0.05) is 12.6 Å². The van der Waals surface area contributed by atoms with E-state index in [0.29, 0.717) is 12.6 Å². The average molecular weight is 264 g/mol. The van der Waals surface area contributed by atoms with Gasteiger partial charge in [-0.25, -0.2) is 4.39 Å². The molecular weight excluding hydrogens is 243 g/mol. The first-order valence-electron chi connectivity index (χ1n) is 6.68. The van der Waals surface area contributed by atoms with E-state index in [1.807, 2.05) is 18.7 Å². The van der Waals surface area contributed by atoms with E-state index in [2.05, 4.69) is 5.32 Å². The van der Waals surface area contributed by atoms with E-state index in [9.17, 15) is 9.18 Å². The lowest BCUT2D eigenvalue weighted by atomic mass is 10.0. The molecule has 1 aliphatic carbocycles. The highest BCUT2D eigenvalue weighted by molar-refractivity contribution is 5.86. The van der Waals surface area contributed by atoms with Crippen LogP contribution in [0.1, 0.15) is 32.3 Å². The number of hydrogen-bond acceptors (Lipinski definition) is 2. The van der Waals surface area contributed by atoms with Crippen molar-refractivity contribution in [2.24, 2.45) is 0 Å². The van der Waals surface area contributed by atoms with E-state index in [0.717, 1.165) is 18.4 Å². The van der Waals surface area contributed by atoms with Gasteiger partial charge in [0.15, 0.2) is 0 Å². The van der Waals surface area contributed by atoms with Crippen LogP contribution in [0.4, 0.5) is 4.39 Å². The molecule has 1 amide bonds. The Hall–Kier alpha value is -1.42. The molecule has 0 aliphatic heterocycles. The molecule has 4 heteroatoms. The van der Waals surface area contributed by atoms with Gasteiger partial charge in [0.1, 0.15) is 5.82 Å². The van der Waals surface area contributed by atoms with E-state index >= 15 is 0 Å². The fraction of sp³-hybridized carbons (Fsp3) is 0.533. The monoisotopic (exact) mass is 264 g/mol. The molecule has 0 spiro atoms. The first-order chi connectivity index (χ1) is 8.94. The number of halogens is 1. The Morgan fingerprint density at radius 2 is 1.95 bits per heavy atom. The maximum absolute atomic E-state index is 12.9. The van der Waals surface area contributed by atoms with Crippen molar-refractivity contribution in [3.63, 3.8) is 0 Å². The maximum atomic E-state index is 12.9. The summed E-state index contributed by atoms with van der Waals surface area (Å²) in [5, 5.41) is 3.05. The molecule has 1 saturated carbocycles. The van der Waals surface area contributed by atoms with Gasteiger partial charge in [-0.3, -0.25) is 4.79 Å². The molecule has 104 valence electrons. The second kappa shape index (κ2) is 5.29. The largest absolute Gasteiger partial charge is 0.334 e. The van der Waals surface area contributed by atoms with Crippen molar-refractivity contribution >= 4 is 5.91 Å². The van der Waals surface area contributed by atoms with Crippen LogP contribution >= 0.6 is 0 Å². The Balaban J connectivity index is 2.13. The minimum Gasteiger partial charge on any atom is -0.334 e. The summed E-state index contributed by atoms with van der Waals surface area (Å²) in [6.45, 7) is 4.32. The van der Waals surface area contributed by atoms with E-state index < -0.39 is 5.54 Å². The van der Waals surface area contributed by atoms with Crippen LogP contribution in [0.3, 0.4) is 0 Å². The van der Waals surface area contributed by atoms with Crippen LogP contribution in [-0.4, -0.2) is 29.4 Å². The number of hydrogen-bond donors (Lipinski definition) is 1. The van der Waals surface area contributed by atoms with Crippen molar-refractivity contribution in [1.29, 1.82) is 0 Å². The number of carbonyl (C=O) groups excluding carboxylic acids is 1. The van der Waals surface area contributed by atoms with Gasteiger partial charge in [-0.05, 0) is 51.4 Å². The van der Waals surface area contributed by atoms with Gasteiger partial charge in [0.25, 0.3) is 0 Å². The molecule has 0 heterocycles. The molecule has 0 bridgehead atoms. The molecule has 0 unspecified atom stereocenters. The zero-order valence-electron chi connectivity index (χ0n) is 11.7. The predicted molar refractivity (Wildman–Crippen MR) is 73.1 cm³/mol. The normalized spacial score (nSPS) is 15.4. The Bertz CT molecular complexity index is 452. The summed E-state index contributed by atoms with van der Waals surface area (Å²) in [5.41, 5.74) is 0.399. The van der Waals surface area contributed by atoms with Crippen molar-refractivity contribution in [3.8, 4) is 0 Å². The zero-order chi connectivity index (χ0) is 14.0. The third-order valence-corrected chi connectivity index (χ3v) is 3.67. The molecule has 1 aromatic carbocycles. The number of likely N-dealkylation sites (N-methyl/N-ethyl adjacent to an activating group) is 1. The summed E-state index contributed by atoms with van der Waals surface area (Å²) in [7, 11) is 1.79. The topological polar surface area (TPSA) is 32.3 Å². The van der Waals surface area contributed by atoms with Crippen LogP contribution in [0.15, 0.2) is 24.3 Å². The molecule has 0 aromatic heterocycles. The van der Waals surface area contributed by atoms with Crippen LogP contribution in [0, 0.1) is 5.82 Å². The third-order valence-electron chi connectivity index (χ3n) is 3.67. The highest BCUT2D eigenvalue weighted by Gasteiger charge is 2.38. The third kappa shape index (κ3) is 3.32. The molecule has 0 saturated heterocycles. The van der Waals surface area contributed by atoms with Gasteiger partial charge in [0.2, 0.25) is 5.91 Å². The number of nitrogens with one attached hydrogen (secondary N) is 1. The summed E-state index contributed by atoms with van der Waals surface area (Å²) in [6.07, 6.45) is 2.12. The molecule has 1 fully saturated rings.